The fraction of sp³-hybridized carbons (Fsp3) is 0.429. The van der Waals surface area contributed by atoms with E-state index in [2.05, 4.69) is 4.98 Å². The molecule has 1 spiro atoms. The molecule has 9 nitrogen and oxygen atoms in total. The van der Waals surface area contributed by atoms with E-state index in [1.54, 1.807) is 79.9 Å². The lowest BCUT2D eigenvalue weighted by Gasteiger charge is -2.64. The van der Waals surface area contributed by atoms with Gasteiger partial charge in [0.1, 0.15) is 23.9 Å². The van der Waals surface area contributed by atoms with Crippen LogP contribution < -0.4 is 0 Å². The van der Waals surface area contributed by atoms with Crippen LogP contribution in [0.2, 0.25) is 0 Å². The predicted molar refractivity (Wildman–Crippen MR) is 159 cm³/mol. The van der Waals surface area contributed by atoms with Crippen molar-refractivity contribution in [2.24, 2.45) is 11.3 Å². The van der Waals surface area contributed by atoms with E-state index in [0.29, 0.717) is 11.1 Å². The summed E-state index contributed by atoms with van der Waals surface area (Å²) in [6.45, 7) is 7.24. The van der Waals surface area contributed by atoms with Crippen LogP contribution in [0.4, 0.5) is 0 Å². The number of fused-ring (bicyclic) bond motifs is 1. The maximum Gasteiger partial charge on any atom is 0.340 e. The summed E-state index contributed by atoms with van der Waals surface area (Å²) >= 11 is 0. The van der Waals surface area contributed by atoms with E-state index in [1.165, 1.54) is 6.20 Å². The van der Waals surface area contributed by atoms with Gasteiger partial charge in [0, 0.05) is 18.3 Å². The molecule has 0 unspecified atom stereocenters. The van der Waals surface area contributed by atoms with E-state index in [9.17, 15) is 19.5 Å². The molecular formula is C35H37NO8. The van der Waals surface area contributed by atoms with E-state index in [0.717, 1.165) is 0 Å². The quantitative estimate of drug-likeness (QED) is 0.302. The molecule has 1 aliphatic heterocycles. The second kappa shape index (κ2) is 10.8. The Morgan fingerprint density at radius 3 is 1.89 bits per heavy atom. The Morgan fingerprint density at radius 1 is 0.773 bits per heavy atom. The number of aromatic nitrogens is 1. The van der Waals surface area contributed by atoms with Crippen LogP contribution in [-0.4, -0.2) is 63.1 Å². The van der Waals surface area contributed by atoms with Crippen molar-refractivity contribution in [3.05, 3.63) is 102 Å². The van der Waals surface area contributed by atoms with Crippen molar-refractivity contribution in [2.75, 3.05) is 0 Å². The number of carbonyl (C=O) groups is 3. The van der Waals surface area contributed by atoms with E-state index < -0.39 is 64.4 Å². The molecule has 3 aromatic rings. The fourth-order valence-corrected chi connectivity index (χ4v) is 7.80. The van der Waals surface area contributed by atoms with Gasteiger partial charge in [-0.15, -0.1) is 0 Å². The summed E-state index contributed by atoms with van der Waals surface area (Å²) in [7, 11) is 0. The Hall–Kier alpha value is -4.08. The minimum Gasteiger partial charge on any atom is -0.458 e. The van der Waals surface area contributed by atoms with Gasteiger partial charge in [-0.25, -0.2) is 14.4 Å². The van der Waals surface area contributed by atoms with Crippen LogP contribution in [0.25, 0.3) is 0 Å². The first-order chi connectivity index (χ1) is 20.9. The Labute approximate surface area is 256 Å². The highest BCUT2D eigenvalue weighted by atomic mass is 16.6. The highest BCUT2D eigenvalue weighted by Gasteiger charge is 2.82. The number of hydrogen-bond acceptors (Lipinski definition) is 9. The summed E-state index contributed by atoms with van der Waals surface area (Å²) in [4.78, 5) is 44.6. The molecule has 2 saturated carbocycles. The average Bonchev–Trinajstić information content (AvgIpc) is 3.20. The van der Waals surface area contributed by atoms with E-state index in [1.807, 2.05) is 26.8 Å². The van der Waals surface area contributed by atoms with Crippen LogP contribution >= 0.6 is 0 Å². The monoisotopic (exact) mass is 599 g/mol. The lowest BCUT2D eigenvalue weighted by atomic mass is 9.47. The van der Waals surface area contributed by atoms with Gasteiger partial charge < -0.3 is 24.1 Å². The Bertz CT molecular complexity index is 1540. The van der Waals surface area contributed by atoms with E-state index in [4.69, 9.17) is 18.9 Å². The molecule has 9 heteroatoms. The number of nitrogens with zero attached hydrogens (tertiary/aromatic N) is 1. The molecule has 230 valence electrons. The first kappa shape index (κ1) is 30.0. The lowest BCUT2D eigenvalue weighted by Crippen LogP contribution is -2.79. The van der Waals surface area contributed by atoms with Crippen LogP contribution in [0.15, 0.2) is 85.2 Å². The summed E-state index contributed by atoms with van der Waals surface area (Å²) in [6.07, 6.45) is 0.976. The molecule has 2 bridgehead atoms. The molecule has 1 saturated heterocycles. The van der Waals surface area contributed by atoms with Crippen molar-refractivity contribution in [1.82, 2.24) is 4.98 Å². The summed E-state index contributed by atoms with van der Waals surface area (Å²) in [5.74, 6) is -2.19. The van der Waals surface area contributed by atoms with Crippen molar-refractivity contribution in [3.63, 3.8) is 0 Å². The normalized spacial score (nSPS) is 33.5. The van der Waals surface area contributed by atoms with Gasteiger partial charge in [-0.2, -0.15) is 0 Å². The summed E-state index contributed by atoms with van der Waals surface area (Å²) in [5.41, 5.74) is -4.46. The molecule has 0 radical (unpaired) electrons. The number of ether oxygens (including phenoxy) is 4. The van der Waals surface area contributed by atoms with Gasteiger partial charge in [0.05, 0.1) is 33.3 Å². The minimum atomic E-state index is -1.62. The van der Waals surface area contributed by atoms with Crippen LogP contribution in [0.5, 0.6) is 0 Å². The maximum atomic E-state index is 13.6. The van der Waals surface area contributed by atoms with Gasteiger partial charge in [0.25, 0.3) is 0 Å². The second-order valence-corrected chi connectivity index (χ2v) is 13.0. The maximum absolute atomic E-state index is 13.6. The van der Waals surface area contributed by atoms with Crippen molar-refractivity contribution >= 4 is 17.9 Å². The van der Waals surface area contributed by atoms with Crippen LogP contribution in [0.1, 0.15) is 78.0 Å². The third-order valence-electron chi connectivity index (χ3n) is 10.0. The second-order valence-electron chi connectivity index (χ2n) is 13.0. The molecule has 3 fully saturated rings. The number of esters is 3. The summed E-state index contributed by atoms with van der Waals surface area (Å²) < 4.78 is 25.8. The average molecular weight is 600 g/mol. The smallest absolute Gasteiger partial charge is 0.340 e. The third-order valence-corrected chi connectivity index (χ3v) is 10.0. The lowest BCUT2D eigenvalue weighted by molar-refractivity contribution is -0.324. The highest BCUT2D eigenvalue weighted by molar-refractivity contribution is 5.90. The molecule has 1 aromatic heterocycles. The molecule has 0 amide bonds. The minimum absolute atomic E-state index is 0.179. The Balaban J connectivity index is 1.47. The SMILES string of the molecule is CC1(C)O[C@]23[C@H](OC(=O)c4cccnc4)[C@H]1C[C@H](OC(=O)c1ccccc1)[C@]2(C)[C@@H](OC(=O)c1ccccc1)CC[C@]3(C)O. The summed E-state index contributed by atoms with van der Waals surface area (Å²) in [6, 6.07) is 20.5. The number of benzene rings is 2. The van der Waals surface area contributed by atoms with E-state index >= 15 is 0 Å². The molecule has 1 N–H and O–H groups in total. The zero-order valence-electron chi connectivity index (χ0n) is 25.3. The van der Waals surface area contributed by atoms with Crippen molar-refractivity contribution in [3.8, 4) is 0 Å². The Morgan fingerprint density at radius 2 is 1.32 bits per heavy atom. The fourth-order valence-electron chi connectivity index (χ4n) is 7.80. The van der Waals surface area contributed by atoms with Gasteiger partial charge in [-0.3, -0.25) is 4.98 Å². The van der Waals surface area contributed by atoms with Crippen LogP contribution in [0, 0.1) is 11.3 Å². The number of carbonyl (C=O) groups excluding carboxylic acids is 3. The summed E-state index contributed by atoms with van der Waals surface area (Å²) in [5, 5.41) is 12.3. The van der Waals surface area contributed by atoms with Crippen molar-refractivity contribution in [2.45, 2.75) is 82.1 Å². The predicted octanol–water partition coefficient (Wildman–Crippen LogP) is 5.18. The zero-order chi connectivity index (χ0) is 31.3. The molecule has 2 aromatic carbocycles. The van der Waals surface area contributed by atoms with Crippen molar-refractivity contribution < 1.29 is 38.4 Å². The van der Waals surface area contributed by atoms with Crippen molar-refractivity contribution in [1.29, 1.82) is 0 Å². The van der Waals surface area contributed by atoms with Gasteiger partial charge in [-0.05, 0) is 83.4 Å². The molecule has 44 heavy (non-hydrogen) atoms. The number of aliphatic hydroxyl groups is 1. The molecule has 7 atom stereocenters. The standard InChI is InChI=1S/C35H37NO8/c1-32(2)25-20-27(42-30(38)23-14-9-6-10-15-23)34(4)26(41-29(37)22-12-7-5-8-13-22)17-18-33(3,40)35(34,44-32)28(25)43-31(39)24-16-11-19-36-21-24/h5-16,19,21,25-28,40H,17-18,20H2,1-4H3/t25-,26+,27+,28-,33+,34+,35+/m1/s1. The third kappa shape index (κ3) is 4.61. The topological polar surface area (TPSA) is 121 Å². The molecule has 6 rings (SSSR count). The van der Waals surface area contributed by atoms with Gasteiger partial charge in [0.2, 0.25) is 0 Å². The number of rotatable bonds is 6. The highest BCUT2D eigenvalue weighted by Crippen LogP contribution is 2.68. The van der Waals surface area contributed by atoms with Gasteiger partial charge in [-0.1, -0.05) is 36.4 Å². The zero-order valence-corrected chi connectivity index (χ0v) is 25.3. The Kier molecular flexibility index (Phi) is 7.37. The largest absolute Gasteiger partial charge is 0.458 e. The number of pyridine rings is 1. The molecule has 2 heterocycles. The van der Waals surface area contributed by atoms with Crippen LogP contribution in [-0.2, 0) is 18.9 Å². The molecular weight excluding hydrogens is 562 g/mol. The first-order valence-corrected chi connectivity index (χ1v) is 15.0. The van der Waals surface area contributed by atoms with Crippen LogP contribution in [0.3, 0.4) is 0 Å². The first-order valence-electron chi connectivity index (χ1n) is 15.0. The van der Waals surface area contributed by atoms with Gasteiger partial charge >= 0.3 is 17.9 Å². The molecule has 3 aliphatic rings. The number of hydrogen-bond donors (Lipinski definition) is 1. The van der Waals surface area contributed by atoms with E-state index in [-0.39, 0.29) is 24.8 Å². The van der Waals surface area contributed by atoms with Gasteiger partial charge in [0.15, 0.2) is 0 Å². The molecule has 2 aliphatic carbocycles.